The highest BCUT2D eigenvalue weighted by atomic mass is 16.4. The molecule has 1 aromatic rings. The van der Waals surface area contributed by atoms with Gasteiger partial charge in [-0.2, -0.15) is 0 Å². The van der Waals surface area contributed by atoms with Crippen molar-refractivity contribution in [2.24, 2.45) is 5.92 Å². The molecule has 5 nitrogen and oxygen atoms in total. The molecule has 1 saturated heterocycles. The van der Waals surface area contributed by atoms with Gasteiger partial charge in [-0.05, 0) is 37.0 Å². The van der Waals surface area contributed by atoms with E-state index < -0.39 is 5.97 Å². The first-order valence-corrected chi connectivity index (χ1v) is 6.10. The van der Waals surface area contributed by atoms with Crippen molar-refractivity contribution in [1.82, 2.24) is 0 Å². The van der Waals surface area contributed by atoms with Crippen LogP contribution < -0.4 is 10.6 Å². The number of benzene rings is 1. The monoisotopic (exact) mass is 250 g/mol. The molecule has 5 heteroatoms. The Morgan fingerprint density at radius 2 is 2.28 bits per heavy atom. The van der Waals surface area contributed by atoms with Crippen LogP contribution in [0.3, 0.4) is 0 Å². The van der Waals surface area contributed by atoms with Gasteiger partial charge in [0.2, 0.25) is 0 Å². The minimum Gasteiger partial charge on any atom is -0.478 e. The zero-order chi connectivity index (χ0) is 13.1. The maximum absolute atomic E-state index is 11.2. The molecule has 0 aliphatic carbocycles. The molecule has 0 radical (unpaired) electrons. The van der Waals surface area contributed by atoms with E-state index in [0.717, 1.165) is 31.6 Å². The van der Waals surface area contributed by atoms with Gasteiger partial charge in [0.15, 0.2) is 0 Å². The van der Waals surface area contributed by atoms with Crippen LogP contribution in [-0.4, -0.2) is 35.9 Å². The zero-order valence-electron chi connectivity index (χ0n) is 10.2. The lowest BCUT2D eigenvalue weighted by molar-refractivity contribution is 0.0697. The number of hydrogen-bond acceptors (Lipinski definition) is 4. The first-order chi connectivity index (χ1) is 8.61. The van der Waals surface area contributed by atoms with E-state index in [2.05, 4.69) is 4.90 Å². The number of hydrogen-bond donors (Lipinski definition) is 3. The predicted octanol–water partition coefficient (Wildman–Crippen LogP) is 1.18. The van der Waals surface area contributed by atoms with Gasteiger partial charge in [-0.25, -0.2) is 4.79 Å². The van der Waals surface area contributed by atoms with E-state index in [4.69, 9.17) is 10.8 Å². The normalized spacial score (nSPS) is 19.2. The lowest BCUT2D eigenvalue weighted by Gasteiger charge is -2.21. The summed E-state index contributed by atoms with van der Waals surface area (Å²) in [6.45, 7) is 1.81. The summed E-state index contributed by atoms with van der Waals surface area (Å²) >= 11 is 0. The third-order valence-corrected chi connectivity index (χ3v) is 3.41. The lowest BCUT2D eigenvalue weighted by atomic mass is 10.1. The Balaban J connectivity index is 2.21. The second-order valence-corrected chi connectivity index (χ2v) is 4.69. The van der Waals surface area contributed by atoms with Crippen molar-refractivity contribution in [1.29, 1.82) is 0 Å². The van der Waals surface area contributed by atoms with Crippen LogP contribution in [0.25, 0.3) is 0 Å². The number of aromatic carboxylic acids is 1. The summed E-state index contributed by atoms with van der Waals surface area (Å²) in [5, 5.41) is 18.1. The standard InChI is InChI=1S/C13H18N2O3/c14-10-1-2-12(11(7-10)13(17)18)15-5-3-9(8-15)4-6-16/h1-2,7,9,16H,3-6,8,14H2,(H,17,18). The molecule has 1 aliphatic heterocycles. The molecule has 2 rings (SSSR count). The van der Waals surface area contributed by atoms with E-state index in [9.17, 15) is 9.90 Å². The predicted molar refractivity (Wildman–Crippen MR) is 69.8 cm³/mol. The van der Waals surface area contributed by atoms with Gasteiger partial charge in [0, 0.05) is 25.4 Å². The molecule has 1 heterocycles. The SMILES string of the molecule is Nc1ccc(N2CCC(CCO)C2)c(C(=O)O)c1. The molecule has 1 fully saturated rings. The van der Waals surface area contributed by atoms with Crippen molar-refractivity contribution in [2.45, 2.75) is 12.8 Å². The van der Waals surface area contributed by atoms with Crippen LogP contribution in [0.1, 0.15) is 23.2 Å². The van der Waals surface area contributed by atoms with Crippen LogP contribution in [-0.2, 0) is 0 Å². The van der Waals surface area contributed by atoms with Gasteiger partial charge in [0.1, 0.15) is 0 Å². The van der Waals surface area contributed by atoms with E-state index in [1.807, 2.05) is 0 Å². The summed E-state index contributed by atoms with van der Waals surface area (Å²) in [4.78, 5) is 13.3. The first kappa shape index (κ1) is 12.7. The number of nitrogen functional groups attached to an aromatic ring is 1. The molecular formula is C13H18N2O3. The number of anilines is 2. The fourth-order valence-corrected chi connectivity index (χ4v) is 2.47. The summed E-state index contributed by atoms with van der Waals surface area (Å²) in [6, 6.07) is 4.98. The third-order valence-electron chi connectivity index (χ3n) is 3.41. The number of aliphatic hydroxyl groups excluding tert-OH is 1. The average Bonchev–Trinajstić information content (AvgIpc) is 2.78. The number of carboxylic acids is 1. The van der Waals surface area contributed by atoms with Crippen molar-refractivity contribution < 1.29 is 15.0 Å². The van der Waals surface area contributed by atoms with E-state index in [0.29, 0.717) is 11.6 Å². The minimum atomic E-state index is -0.956. The van der Waals surface area contributed by atoms with Gasteiger partial charge < -0.3 is 20.8 Å². The van der Waals surface area contributed by atoms with Gasteiger partial charge in [-0.1, -0.05) is 0 Å². The second kappa shape index (κ2) is 5.27. The molecule has 1 unspecified atom stereocenters. The molecule has 1 aromatic carbocycles. The second-order valence-electron chi connectivity index (χ2n) is 4.69. The molecule has 98 valence electrons. The van der Waals surface area contributed by atoms with Crippen LogP contribution in [0.4, 0.5) is 11.4 Å². The summed E-state index contributed by atoms with van der Waals surface area (Å²) in [5.41, 5.74) is 7.05. The summed E-state index contributed by atoms with van der Waals surface area (Å²) in [5.74, 6) is -0.517. The molecule has 1 aliphatic rings. The summed E-state index contributed by atoms with van der Waals surface area (Å²) < 4.78 is 0. The number of aliphatic hydroxyl groups is 1. The molecular weight excluding hydrogens is 232 g/mol. The van der Waals surface area contributed by atoms with Crippen LogP contribution in [0.15, 0.2) is 18.2 Å². The highest BCUT2D eigenvalue weighted by molar-refractivity contribution is 5.95. The van der Waals surface area contributed by atoms with Crippen LogP contribution in [0.2, 0.25) is 0 Å². The Hall–Kier alpha value is -1.75. The average molecular weight is 250 g/mol. The maximum atomic E-state index is 11.2. The first-order valence-electron chi connectivity index (χ1n) is 6.10. The van der Waals surface area contributed by atoms with Crippen molar-refractivity contribution in [3.8, 4) is 0 Å². The third kappa shape index (κ3) is 2.56. The summed E-state index contributed by atoms with van der Waals surface area (Å²) in [6.07, 6.45) is 1.76. The van der Waals surface area contributed by atoms with Crippen molar-refractivity contribution in [2.75, 3.05) is 30.3 Å². The number of nitrogens with zero attached hydrogens (tertiary/aromatic N) is 1. The van der Waals surface area contributed by atoms with Crippen molar-refractivity contribution in [3.63, 3.8) is 0 Å². The topological polar surface area (TPSA) is 86.8 Å². The van der Waals surface area contributed by atoms with Gasteiger partial charge in [-0.15, -0.1) is 0 Å². The molecule has 18 heavy (non-hydrogen) atoms. The molecule has 0 spiro atoms. The van der Waals surface area contributed by atoms with E-state index >= 15 is 0 Å². The van der Waals surface area contributed by atoms with E-state index in [-0.39, 0.29) is 12.2 Å². The Morgan fingerprint density at radius 1 is 1.50 bits per heavy atom. The van der Waals surface area contributed by atoms with Crippen LogP contribution in [0, 0.1) is 5.92 Å². The van der Waals surface area contributed by atoms with Gasteiger partial charge in [-0.3, -0.25) is 0 Å². The van der Waals surface area contributed by atoms with E-state index in [1.54, 1.807) is 12.1 Å². The Morgan fingerprint density at radius 3 is 2.94 bits per heavy atom. The lowest BCUT2D eigenvalue weighted by Crippen LogP contribution is -2.22. The number of rotatable bonds is 4. The van der Waals surface area contributed by atoms with Crippen molar-refractivity contribution in [3.05, 3.63) is 23.8 Å². The molecule has 4 N–H and O–H groups in total. The Kier molecular flexibility index (Phi) is 3.72. The smallest absolute Gasteiger partial charge is 0.337 e. The van der Waals surface area contributed by atoms with Gasteiger partial charge in [0.05, 0.1) is 11.3 Å². The molecule has 0 bridgehead atoms. The van der Waals surface area contributed by atoms with Crippen LogP contribution in [0.5, 0.6) is 0 Å². The number of nitrogens with two attached hydrogens (primary N) is 1. The van der Waals surface area contributed by atoms with Gasteiger partial charge >= 0.3 is 5.97 Å². The minimum absolute atomic E-state index is 0.187. The highest BCUT2D eigenvalue weighted by Crippen LogP contribution is 2.29. The van der Waals surface area contributed by atoms with E-state index in [1.165, 1.54) is 6.07 Å². The fraction of sp³-hybridized carbons (Fsp3) is 0.462. The van der Waals surface area contributed by atoms with Crippen LogP contribution >= 0.6 is 0 Å². The number of carboxylic acid groups (broad SMARTS) is 1. The zero-order valence-corrected chi connectivity index (χ0v) is 10.2. The molecule has 0 amide bonds. The summed E-state index contributed by atoms with van der Waals surface area (Å²) in [7, 11) is 0. The quantitative estimate of drug-likeness (QED) is 0.698. The Labute approximate surface area is 106 Å². The fourth-order valence-electron chi connectivity index (χ4n) is 2.47. The molecule has 0 aromatic heterocycles. The Bertz CT molecular complexity index is 448. The highest BCUT2D eigenvalue weighted by Gasteiger charge is 2.25. The molecule has 1 atom stereocenters. The number of carbonyl (C=O) groups is 1. The van der Waals surface area contributed by atoms with Crippen molar-refractivity contribution >= 4 is 17.3 Å². The van der Waals surface area contributed by atoms with Gasteiger partial charge in [0.25, 0.3) is 0 Å². The molecule has 0 saturated carbocycles. The largest absolute Gasteiger partial charge is 0.478 e. The maximum Gasteiger partial charge on any atom is 0.337 e.